The van der Waals surface area contributed by atoms with Gasteiger partial charge >= 0.3 is 0 Å². The fourth-order valence-corrected chi connectivity index (χ4v) is 2.57. The van der Waals surface area contributed by atoms with Crippen molar-refractivity contribution < 1.29 is 4.74 Å². The van der Waals surface area contributed by atoms with Crippen LogP contribution in [0, 0.1) is 0 Å². The molecule has 0 bridgehead atoms. The molecule has 0 aromatic heterocycles. The van der Waals surface area contributed by atoms with E-state index in [2.05, 4.69) is 13.0 Å². The molecule has 0 unspecified atom stereocenters. The summed E-state index contributed by atoms with van der Waals surface area (Å²) in [6, 6.07) is 8.07. The van der Waals surface area contributed by atoms with Gasteiger partial charge in [-0.2, -0.15) is 0 Å². The van der Waals surface area contributed by atoms with Crippen LogP contribution in [0.3, 0.4) is 0 Å². The van der Waals surface area contributed by atoms with Crippen molar-refractivity contribution in [3.05, 3.63) is 24.3 Å². The summed E-state index contributed by atoms with van der Waals surface area (Å²) in [6.45, 7) is 2.15. The second-order valence-electron chi connectivity index (χ2n) is 2.14. The number of ether oxygens (including phenoxy) is 1. The van der Waals surface area contributed by atoms with Gasteiger partial charge in [-0.3, -0.25) is 0 Å². The van der Waals surface area contributed by atoms with Crippen LogP contribution in [0.2, 0.25) is 0 Å². The Balaban J connectivity index is 2.68. The highest BCUT2D eigenvalue weighted by Crippen LogP contribution is 2.36. The van der Waals surface area contributed by atoms with Gasteiger partial charge in [0.25, 0.3) is 0 Å². The van der Waals surface area contributed by atoms with E-state index in [9.17, 15) is 0 Å². The van der Waals surface area contributed by atoms with Crippen LogP contribution in [0.5, 0.6) is 5.75 Å². The Morgan fingerprint density at radius 1 is 1.33 bits per heavy atom. The van der Waals surface area contributed by atoms with Crippen LogP contribution in [0.1, 0.15) is 6.92 Å². The third-order valence-electron chi connectivity index (χ3n) is 1.34. The summed E-state index contributed by atoms with van der Waals surface area (Å²) in [4.78, 5) is 1.20. The normalized spacial score (nSPS) is 9.83. The molecular weight excluding hydrogens is 188 g/mol. The second kappa shape index (κ2) is 5.38. The smallest absolute Gasteiger partial charge is 0.133 e. The van der Waals surface area contributed by atoms with Crippen molar-refractivity contribution in [3.8, 4) is 5.75 Å². The summed E-state index contributed by atoms with van der Waals surface area (Å²) in [5, 5.41) is 0. The lowest BCUT2D eigenvalue weighted by atomic mass is 10.3. The van der Waals surface area contributed by atoms with Crippen LogP contribution in [-0.2, 0) is 0 Å². The summed E-state index contributed by atoms with van der Waals surface area (Å²) >= 11 is 0. The minimum atomic E-state index is 0.962. The van der Waals surface area contributed by atoms with Crippen molar-refractivity contribution >= 4 is 21.6 Å². The lowest BCUT2D eigenvalue weighted by molar-refractivity contribution is 0.405. The van der Waals surface area contributed by atoms with Gasteiger partial charge in [0, 0.05) is 5.75 Å². The third kappa shape index (κ3) is 2.64. The number of hydrogen-bond acceptors (Lipinski definition) is 3. The van der Waals surface area contributed by atoms with Crippen LogP contribution < -0.4 is 4.74 Å². The molecule has 0 saturated heterocycles. The second-order valence-corrected chi connectivity index (χ2v) is 4.77. The van der Waals surface area contributed by atoms with Crippen molar-refractivity contribution in [2.24, 2.45) is 0 Å². The van der Waals surface area contributed by atoms with Crippen molar-refractivity contribution in [3.63, 3.8) is 0 Å². The van der Waals surface area contributed by atoms with Gasteiger partial charge in [-0.05, 0) is 12.1 Å². The molecule has 0 N–H and O–H groups in total. The fraction of sp³-hybridized carbons (Fsp3) is 0.333. The first-order chi connectivity index (χ1) is 5.88. The van der Waals surface area contributed by atoms with E-state index in [0.717, 1.165) is 11.5 Å². The molecule has 0 atom stereocenters. The number of hydrogen-bond donors (Lipinski definition) is 0. The lowest BCUT2D eigenvalue weighted by Crippen LogP contribution is -1.83. The zero-order valence-corrected chi connectivity index (χ0v) is 8.87. The van der Waals surface area contributed by atoms with Crippen LogP contribution in [-0.4, -0.2) is 12.9 Å². The molecule has 0 radical (unpaired) electrons. The van der Waals surface area contributed by atoms with Gasteiger partial charge < -0.3 is 4.74 Å². The van der Waals surface area contributed by atoms with E-state index >= 15 is 0 Å². The predicted octanol–water partition coefficient (Wildman–Crippen LogP) is 3.46. The minimum Gasteiger partial charge on any atom is -0.496 e. The van der Waals surface area contributed by atoms with Crippen molar-refractivity contribution in [2.45, 2.75) is 11.8 Å². The summed E-state index contributed by atoms with van der Waals surface area (Å²) < 4.78 is 5.21. The average Bonchev–Trinajstić information content (AvgIpc) is 2.15. The molecule has 0 aliphatic heterocycles. The van der Waals surface area contributed by atoms with E-state index < -0.39 is 0 Å². The molecule has 0 heterocycles. The van der Waals surface area contributed by atoms with Gasteiger partial charge in [0.05, 0.1) is 12.0 Å². The molecule has 0 amide bonds. The molecular formula is C9H12OS2. The average molecular weight is 200 g/mol. The summed E-state index contributed by atoms with van der Waals surface area (Å²) in [5.41, 5.74) is 0. The molecule has 12 heavy (non-hydrogen) atoms. The standard InChI is InChI=1S/C9H12OS2/c1-3-11-12-9-7-5-4-6-8(9)10-2/h4-7H,3H2,1-2H3. The first-order valence-electron chi connectivity index (χ1n) is 3.81. The van der Waals surface area contributed by atoms with Crippen molar-refractivity contribution in [1.82, 2.24) is 0 Å². The Bertz CT molecular complexity index is 238. The molecule has 66 valence electrons. The maximum atomic E-state index is 5.21. The highest BCUT2D eigenvalue weighted by Gasteiger charge is 2.00. The minimum absolute atomic E-state index is 0.962. The highest BCUT2D eigenvalue weighted by atomic mass is 33.1. The van der Waals surface area contributed by atoms with Crippen molar-refractivity contribution in [1.29, 1.82) is 0 Å². The predicted molar refractivity (Wildman–Crippen MR) is 57.0 cm³/mol. The SMILES string of the molecule is CCSSc1ccccc1OC. The molecule has 1 aromatic carbocycles. The Hall–Kier alpha value is -0.280. The first-order valence-corrected chi connectivity index (χ1v) is 6.13. The molecule has 0 spiro atoms. The lowest BCUT2D eigenvalue weighted by Gasteiger charge is -2.05. The number of rotatable bonds is 4. The van der Waals surface area contributed by atoms with Gasteiger partial charge in [0.15, 0.2) is 0 Å². The topological polar surface area (TPSA) is 9.23 Å². The van der Waals surface area contributed by atoms with Gasteiger partial charge in [-0.15, -0.1) is 0 Å². The van der Waals surface area contributed by atoms with Crippen LogP contribution in [0.4, 0.5) is 0 Å². The molecule has 0 aliphatic carbocycles. The van der Waals surface area contributed by atoms with E-state index in [0.29, 0.717) is 0 Å². The van der Waals surface area contributed by atoms with Crippen LogP contribution in [0.25, 0.3) is 0 Å². The molecule has 1 aromatic rings. The quantitative estimate of drug-likeness (QED) is 0.689. The Kier molecular flexibility index (Phi) is 4.40. The third-order valence-corrected chi connectivity index (χ3v) is 3.81. The van der Waals surface area contributed by atoms with Gasteiger partial charge in [-0.25, -0.2) is 0 Å². The van der Waals surface area contributed by atoms with Gasteiger partial charge in [0.2, 0.25) is 0 Å². The van der Waals surface area contributed by atoms with Gasteiger partial charge in [-0.1, -0.05) is 40.6 Å². The van der Waals surface area contributed by atoms with E-state index in [1.807, 2.05) is 29.0 Å². The van der Waals surface area contributed by atoms with E-state index in [4.69, 9.17) is 4.74 Å². The van der Waals surface area contributed by atoms with E-state index in [1.54, 1.807) is 17.9 Å². The highest BCUT2D eigenvalue weighted by molar-refractivity contribution is 8.76. The summed E-state index contributed by atoms with van der Waals surface area (Å²) in [7, 11) is 5.30. The van der Waals surface area contributed by atoms with E-state index in [1.165, 1.54) is 4.90 Å². The monoisotopic (exact) mass is 200 g/mol. The Morgan fingerprint density at radius 2 is 2.08 bits per heavy atom. The van der Waals surface area contributed by atoms with E-state index in [-0.39, 0.29) is 0 Å². The summed E-state index contributed by atoms with van der Waals surface area (Å²) in [5.74, 6) is 2.08. The zero-order valence-electron chi connectivity index (χ0n) is 7.24. The Morgan fingerprint density at radius 3 is 2.75 bits per heavy atom. The molecule has 0 fully saturated rings. The molecule has 3 heteroatoms. The Labute approximate surface area is 81.3 Å². The van der Waals surface area contributed by atoms with Crippen LogP contribution >= 0.6 is 21.6 Å². The van der Waals surface area contributed by atoms with Gasteiger partial charge in [0.1, 0.15) is 5.75 Å². The van der Waals surface area contributed by atoms with Crippen molar-refractivity contribution in [2.75, 3.05) is 12.9 Å². The largest absolute Gasteiger partial charge is 0.496 e. The maximum absolute atomic E-state index is 5.21. The summed E-state index contributed by atoms with van der Waals surface area (Å²) in [6.07, 6.45) is 0. The fourth-order valence-electron chi connectivity index (χ4n) is 0.810. The number of para-hydroxylation sites is 1. The first kappa shape index (κ1) is 9.81. The molecule has 0 saturated carbocycles. The molecule has 1 rings (SSSR count). The van der Waals surface area contributed by atoms with Crippen LogP contribution in [0.15, 0.2) is 29.2 Å². The zero-order chi connectivity index (χ0) is 8.81. The number of benzene rings is 1. The molecule has 1 nitrogen and oxygen atoms in total. The number of methoxy groups -OCH3 is 1. The molecule has 0 aliphatic rings. The maximum Gasteiger partial charge on any atom is 0.133 e.